The Kier molecular flexibility index (Phi) is 5.45. The first-order valence-corrected chi connectivity index (χ1v) is 8.89. The Labute approximate surface area is 150 Å². The van der Waals surface area contributed by atoms with Crippen molar-refractivity contribution in [3.63, 3.8) is 0 Å². The van der Waals surface area contributed by atoms with Crippen LogP contribution in [0.15, 0.2) is 54.1 Å². The van der Waals surface area contributed by atoms with E-state index in [1.807, 2.05) is 28.8 Å². The van der Waals surface area contributed by atoms with Crippen LogP contribution in [0, 0.1) is 13.8 Å². The number of aryl methyl sites for hydroxylation is 2. The summed E-state index contributed by atoms with van der Waals surface area (Å²) in [6.45, 7) is 4.57. The molecule has 25 heavy (non-hydrogen) atoms. The lowest BCUT2D eigenvalue weighted by Gasteiger charge is -2.09. The maximum atomic E-state index is 12.0. The van der Waals surface area contributed by atoms with Crippen molar-refractivity contribution in [2.45, 2.75) is 25.5 Å². The second kappa shape index (κ2) is 7.94. The summed E-state index contributed by atoms with van der Waals surface area (Å²) in [5.74, 6) is 0.210. The highest BCUT2D eigenvalue weighted by Gasteiger charge is 2.10. The van der Waals surface area contributed by atoms with E-state index in [9.17, 15) is 4.79 Å². The second-order valence-electron chi connectivity index (χ2n) is 5.64. The molecule has 0 aliphatic rings. The van der Waals surface area contributed by atoms with Crippen LogP contribution in [-0.2, 0) is 11.3 Å². The Hall–Kier alpha value is -2.67. The summed E-state index contributed by atoms with van der Waals surface area (Å²) in [4.78, 5) is 16.2. The van der Waals surface area contributed by atoms with Gasteiger partial charge in [-0.1, -0.05) is 23.9 Å². The van der Waals surface area contributed by atoms with Gasteiger partial charge in [0.2, 0.25) is 5.91 Å². The fraction of sp³-hybridized carbons (Fsp3) is 0.222. The first-order chi connectivity index (χ1) is 12.1. The molecule has 2 aromatic heterocycles. The summed E-state index contributed by atoms with van der Waals surface area (Å²) >= 11 is 1.36. The average molecular weight is 353 g/mol. The smallest absolute Gasteiger partial charge is 0.230 e. The van der Waals surface area contributed by atoms with Gasteiger partial charge in [-0.2, -0.15) is 0 Å². The molecule has 0 radical (unpaired) electrons. The lowest BCUT2D eigenvalue weighted by molar-refractivity contribution is -0.118. The van der Waals surface area contributed by atoms with E-state index in [-0.39, 0.29) is 11.7 Å². The molecule has 0 aliphatic heterocycles. The van der Waals surface area contributed by atoms with Gasteiger partial charge in [-0.25, -0.2) is 0 Å². The molecule has 0 saturated heterocycles. The molecule has 6 nitrogen and oxygen atoms in total. The largest absolute Gasteiger partial charge is 0.350 e. The highest BCUT2D eigenvalue weighted by Crippen LogP contribution is 2.21. The van der Waals surface area contributed by atoms with Gasteiger partial charge in [0, 0.05) is 11.9 Å². The van der Waals surface area contributed by atoms with Gasteiger partial charge in [0.15, 0.2) is 5.16 Å². The monoisotopic (exact) mass is 353 g/mol. The van der Waals surface area contributed by atoms with E-state index in [1.165, 1.54) is 22.9 Å². The van der Waals surface area contributed by atoms with E-state index >= 15 is 0 Å². The number of nitrogens with one attached hydrogen (secondary N) is 1. The Morgan fingerprint density at radius 3 is 2.84 bits per heavy atom. The summed E-state index contributed by atoms with van der Waals surface area (Å²) in [7, 11) is 0. The van der Waals surface area contributed by atoms with Crippen molar-refractivity contribution in [1.29, 1.82) is 0 Å². The van der Waals surface area contributed by atoms with E-state index in [0.29, 0.717) is 11.7 Å². The van der Waals surface area contributed by atoms with Crippen LogP contribution >= 0.6 is 11.8 Å². The molecule has 1 aromatic carbocycles. The van der Waals surface area contributed by atoms with E-state index in [0.717, 1.165) is 11.4 Å². The predicted molar refractivity (Wildman–Crippen MR) is 97.6 cm³/mol. The Morgan fingerprint density at radius 1 is 1.20 bits per heavy atom. The van der Waals surface area contributed by atoms with Crippen molar-refractivity contribution >= 4 is 17.7 Å². The Balaban J connectivity index is 1.59. The molecule has 128 valence electrons. The lowest BCUT2D eigenvalue weighted by atomic mass is 10.1. The SMILES string of the molecule is Cc1ccc(-n2cnnc2SCC(=O)NCc2ccccn2)cc1C. The molecule has 0 fully saturated rings. The molecule has 0 atom stereocenters. The second-order valence-corrected chi connectivity index (χ2v) is 6.58. The molecule has 1 N–H and O–H groups in total. The molecule has 2 heterocycles. The van der Waals surface area contributed by atoms with Gasteiger partial charge in [-0.05, 0) is 49.2 Å². The maximum Gasteiger partial charge on any atom is 0.230 e. The third kappa shape index (κ3) is 4.45. The van der Waals surface area contributed by atoms with Crippen LogP contribution in [-0.4, -0.2) is 31.4 Å². The standard InChI is InChI=1S/C18H19N5OS/c1-13-6-7-16(9-14(13)2)23-12-21-22-18(23)25-11-17(24)20-10-15-5-3-4-8-19-15/h3-9,12H,10-11H2,1-2H3,(H,20,24). The molecule has 3 rings (SSSR count). The topological polar surface area (TPSA) is 72.7 Å². The number of nitrogens with zero attached hydrogens (tertiary/aromatic N) is 4. The summed E-state index contributed by atoms with van der Waals surface area (Å²) in [6.07, 6.45) is 3.38. The van der Waals surface area contributed by atoms with Crippen LogP contribution in [0.1, 0.15) is 16.8 Å². The lowest BCUT2D eigenvalue weighted by Crippen LogP contribution is -2.25. The molecule has 0 unspecified atom stereocenters. The Morgan fingerprint density at radius 2 is 2.08 bits per heavy atom. The number of carbonyl (C=O) groups excluding carboxylic acids is 1. The van der Waals surface area contributed by atoms with E-state index in [1.54, 1.807) is 12.5 Å². The molecule has 1 amide bonds. The van der Waals surface area contributed by atoms with Crippen LogP contribution < -0.4 is 5.32 Å². The van der Waals surface area contributed by atoms with Gasteiger partial charge in [0.05, 0.1) is 18.0 Å². The van der Waals surface area contributed by atoms with Crippen molar-refractivity contribution in [1.82, 2.24) is 25.1 Å². The van der Waals surface area contributed by atoms with E-state index < -0.39 is 0 Å². The summed E-state index contributed by atoms with van der Waals surface area (Å²) in [5, 5.41) is 11.6. The molecule has 3 aromatic rings. The molecule has 0 spiro atoms. The predicted octanol–water partition coefficient (Wildman–Crippen LogP) is 2.69. The average Bonchev–Trinajstić information content (AvgIpc) is 3.10. The van der Waals surface area contributed by atoms with Gasteiger partial charge in [-0.3, -0.25) is 14.3 Å². The number of amides is 1. The minimum atomic E-state index is -0.0645. The van der Waals surface area contributed by atoms with Crippen molar-refractivity contribution in [3.05, 3.63) is 65.7 Å². The number of pyridine rings is 1. The number of benzene rings is 1. The van der Waals surface area contributed by atoms with Crippen molar-refractivity contribution < 1.29 is 4.79 Å². The molecule has 0 bridgehead atoms. The highest BCUT2D eigenvalue weighted by atomic mass is 32.2. The van der Waals surface area contributed by atoms with Gasteiger partial charge in [0.1, 0.15) is 6.33 Å². The fourth-order valence-electron chi connectivity index (χ4n) is 2.25. The zero-order chi connectivity index (χ0) is 17.6. The summed E-state index contributed by atoms with van der Waals surface area (Å²) in [5.41, 5.74) is 4.26. The number of carbonyl (C=O) groups is 1. The number of hydrogen-bond donors (Lipinski definition) is 1. The zero-order valence-electron chi connectivity index (χ0n) is 14.1. The van der Waals surface area contributed by atoms with Gasteiger partial charge < -0.3 is 5.32 Å². The summed E-state index contributed by atoms with van der Waals surface area (Å²) in [6, 6.07) is 11.8. The van der Waals surface area contributed by atoms with Gasteiger partial charge in [-0.15, -0.1) is 10.2 Å². The molecule has 7 heteroatoms. The maximum absolute atomic E-state index is 12.0. The van der Waals surface area contributed by atoms with Crippen molar-refractivity contribution in [2.75, 3.05) is 5.75 Å². The summed E-state index contributed by atoms with van der Waals surface area (Å²) < 4.78 is 1.89. The van der Waals surface area contributed by atoms with Crippen LogP contribution in [0.2, 0.25) is 0 Å². The molecule has 0 aliphatic carbocycles. The number of rotatable bonds is 6. The third-order valence-electron chi connectivity index (χ3n) is 3.81. The van der Waals surface area contributed by atoms with Gasteiger partial charge >= 0.3 is 0 Å². The quantitative estimate of drug-likeness (QED) is 0.690. The van der Waals surface area contributed by atoms with Crippen LogP contribution in [0.3, 0.4) is 0 Å². The molecular weight excluding hydrogens is 334 g/mol. The van der Waals surface area contributed by atoms with Crippen LogP contribution in [0.4, 0.5) is 0 Å². The minimum absolute atomic E-state index is 0.0645. The van der Waals surface area contributed by atoms with E-state index in [4.69, 9.17) is 0 Å². The number of thioether (sulfide) groups is 1. The van der Waals surface area contributed by atoms with Gasteiger partial charge in [0.25, 0.3) is 0 Å². The number of aromatic nitrogens is 4. The van der Waals surface area contributed by atoms with Crippen LogP contribution in [0.25, 0.3) is 5.69 Å². The number of hydrogen-bond acceptors (Lipinski definition) is 5. The molecular formula is C18H19N5OS. The normalized spacial score (nSPS) is 10.6. The highest BCUT2D eigenvalue weighted by molar-refractivity contribution is 7.99. The van der Waals surface area contributed by atoms with Crippen LogP contribution in [0.5, 0.6) is 0 Å². The first kappa shape index (κ1) is 17.2. The van der Waals surface area contributed by atoms with E-state index in [2.05, 4.69) is 46.5 Å². The first-order valence-electron chi connectivity index (χ1n) is 7.90. The fourth-order valence-corrected chi connectivity index (χ4v) is 3.01. The zero-order valence-corrected chi connectivity index (χ0v) is 15.0. The minimum Gasteiger partial charge on any atom is -0.350 e. The molecule has 0 saturated carbocycles. The van der Waals surface area contributed by atoms with Crippen molar-refractivity contribution in [2.24, 2.45) is 0 Å². The third-order valence-corrected chi connectivity index (χ3v) is 4.75. The van der Waals surface area contributed by atoms with Crippen molar-refractivity contribution in [3.8, 4) is 5.69 Å². The Bertz CT molecular complexity index is 863.